The van der Waals surface area contributed by atoms with Gasteiger partial charge in [-0.3, -0.25) is 9.78 Å². The number of aromatic nitrogens is 3. The van der Waals surface area contributed by atoms with Gasteiger partial charge in [0.15, 0.2) is 0 Å². The zero-order valence-electron chi connectivity index (χ0n) is 17.8. The lowest BCUT2D eigenvalue weighted by molar-refractivity contribution is 0.0949. The van der Waals surface area contributed by atoms with Gasteiger partial charge in [0.1, 0.15) is 11.6 Å². The van der Waals surface area contributed by atoms with E-state index in [1.165, 1.54) is 5.56 Å². The number of para-hydroxylation sites is 2. The van der Waals surface area contributed by atoms with Crippen molar-refractivity contribution in [2.75, 3.05) is 6.61 Å². The highest BCUT2D eigenvalue weighted by Gasteiger charge is 2.12. The second-order valence-electron chi connectivity index (χ2n) is 7.56. The number of hydrogen-bond donors (Lipinski definition) is 1. The maximum absolute atomic E-state index is 12.4. The van der Waals surface area contributed by atoms with Crippen molar-refractivity contribution >= 4 is 16.9 Å². The molecule has 0 aliphatic carbocycles. The average molecular weight is 415 g/mol. The third-order valence-electron chi connectivity index (χ3n) is 5.19. The minimum Gasteiger partial charge on any atom is -0.493 e. The molecule has 4 rings (SSSR count). The number of nitrogens with zero attached hydrogens (tertiary/aromatic N) is 3. The molecular formula is C25H26N4O2. The van der Waals surface area contributed by atoms with Crippen LogP contribution in [0.5, 0.6) is 5.75 Å². The highest BCUT2D eigenvalue weighted by Crippen LogP contribution is 2.20. The zero-order chi connectivity index (χ0) is 21.6. The van der Waals surface area contributed by atoms with Gasteiger partial charge >= 0.3 is 0 Å². The van der Waals surface area contributed by atoms with Gasteiger partial charge in [0.25, 0.3) is 5.91 Å². The number of rotatable bonds is 8. The summed E-state index contributed by atoms with van der Waals surface area (Å²) in [6.07, 6.45) is 4.04. The molecule has 0 fully saturated rings. The van der Waals surface area contributed by atoms with Crippen molar-refractivity contribution in [3.63, 3.8) is 0 Å². The van der Waals surface area contributed by atoms with E-state index in [4.69, 9.17) is 9.72 Å². The van der Waals surface area contributed by atoms with E-state index >= 15 is 0 Å². The normalized spacial score (nSPS) is 10.9. The number of pyridine rings is 1. The Bertz CT molecular complexity index is 1180. The van der Waals surface area contributed by atoms with Crippen molar-refractivity contribution < 1.29 is 9.53 Å². The summed E-state index contributed by atoms with van der Waals surface area (Å²) in [6, 6.07) is 17.8. The van der Waals surface area contributed by atoms with Gasteiger partial charge in [0.2, 0.25) is 0 Å². The van der Waals surface area contributed by atoms with Gasteiger partial charge in [-0.05, 0) is 61.7 Å². The first-order valence-electron chi connectivity index (χ1n) is 10.4. The Morgan fingerprint density at radius 2 is 1.97 bits per heavy atom. The molecule has 2 heterocycles. The smallest absolute Gasteiger partial charge is 0.253 e. The minimum atomic E-state index is -0.162. The van der Waals surface area contributed by atoms with Crippen LogP contribution < -0.4 is 10.1 Å². The summed E-state index contributed by atoms with van der Waals surface area (Å²) >= 11 is 0. The monoisotopic (exact) mass is 414 g/mol. The van der Waals surface area contributed by atoms with Crippen LogP contribution >= 0.6 is 0 Å². The second kappa shape index (κ2) is 9.43. The summed E-state index contributed by atoms with van der Waals surface area (Å²) in [5, 5.41) is 2.95. The SMILES string of the molecule is Cc1ccc(C)c(OCCCn2c(CNC(=O)c3cccnc3)nc3ccccc32)c1. The molecule has 1 amide bonds. The van der Waals surface area contributed by atoms with Crippen LogP contribution in [0.4, 0.5) is 0 Å². The van der Waals surface area contributed by atoms with Gasteiger partial charge in [-0.15, -0.1) is 0 Å². The lowest BCUT2D eigenvalue weighted by Gasteiger charge is -2.12. The third kappa shape index (κ3) is 4.91. The van der Waals surface area contributed by atoms with E-state index in [0.717, 1.165) is 41.1 Å². The van der Waals surface area contributed by atoms with E-state index in [1.807, 2.05) is 18.2 Å². The van der Waals surface area contributed by atoms with Gasteiger partial charge in [0, 0.05) is 18.9 Å². The number of carbonyl (C=O) groups is 1. The summed E-state index contributed by atoms with van der Waals surface area (Å²) in [5.41, 5.74) is 4.83. The predicted octanol–water partition coefficient (Wildman–Crippen LogP) is 4.45. The molecule has 31 heavy (non-hydrogen) atoms. The first-order valence-corrected chi connectivity index (χ1v) is 10.4. The van der Waals surface area contributed by atoms with Crippen molar-refractivity contribution in [2.24, 2.45) is 0 Å². The number of hydrogen-bond acceptors (Lipinski definition) is 4. The van der Waals surface area contributed by atoms with Crippen LogP contribution in [0, 0.1) is 13.8 Å². The molecule has 0 bridgehead atoms. The third-order valence-corrected chi connectivity index (χ3v) is 5.19. The zero-order valence-corrected chi connectivity index (χ0v) is 17.8. The molecule has 4 aromatic rings. The quantitative estimate of drug-likeness (QED) is 0.433. The molecule has 158 valence electrons. The van der Waals surface area contributed by atoms with Crippen LogP contribution in [0.1, 0.15) is 33.7 Å². The number of ether oxygens (including phenoxy) is 1. The van der Waals surface area contributed by atoms with Crippen molar-refractivity contribution in [2.45, 2.75) is 33.4 Å². The fourth-order valence-corrected chi connectivity index (χ4v) is 3.54. The number of aryl methyl sites for hydroxylation is 3. The lowest BCUT2D eigenvalue weighted by Crippen LogP contribution is -2.25. The largest absolute Gasteiger partial charge is 0.493 e. The standard InChI is InChI=1S/C25H26N4O2/c1-18-10-11-19(2)23(15-18)31-14-6-13-29-22-9-4-3-8-21(22)28-24(29)17-27-25(30)20-7-5-12-26-16-20/h3-5,7-12,15-16H,6,13-14,17H2,1-2H3,(H,27,30). The van der Waals surface area contributed by atoms with Crippen LogP contribution in [0.25, 0.3) is 11.0 Å². The van der Waals surface area contributed by atoms with Gasteiger partial charge in [0.05, 0.1) is 29.7 Å². The van der Waals surface area contributed by atoms with Crippen LogP contribution in [-0.4, -0.2) is 27.0 Å². The Labute approximate surface area is 181 Å². The number of fused-ring (bicyclic) bond motifs is 1. The summed E-state index contributed by atoms with van der Waals surface area (Å²) in [5.74, 6) is 1.59. The highest BCUT2D eigenvalue weighted by molar-refractivity contribution is 5.93. The minimum absolute atomic E-state index is 0.162. The highest BCUT2D eigenvalue weighted by atomic mass is 16.5. The summed E-state index contributed by atoms with van der Waals surface area (Å²) in [4.78, 5) is 21.1. The number of nitrogens with one attached hydrogen (secondary N) is 1. The molecule has 2 aromatic carbocycles. The molecule has 0 saturated carbocycles. The fourth-order valence-electron chi connectivity index (χ4n) is 3.54. The Kier molecular flexibility index (Phi) is 6.26. The molecule has 6 nitrogen and oxygen atoms in total. The van der Waals surface area contributed by atoms with Crippen molar-refractivity contribution in [1.29, 1.82) is 0 Å². The molecule has 6 heteroatoms. The van der Waals surface area contributed by atoms with Crippen molar-refractivity contribution in [3.05, 3.63) is 89.5 Å². The topological polar surface area (TPSA) is 69.0 Å². The van der Waals surface area contributed by atoms with Crippen LogP contribution in [0.3, 0.4) is 0 Å². The summed E-state index contributed by atoms with van der Waals surface area (Å²) in [7, 11) is 0. The molecule has 0 unspecified atom stereocenters. The second-order valence-corrected chi connectivity index (χ2v) is 7.56. The van der Waals surface area contributed by atoms with E-state index in [9.17, 15) is 4.79 Å². The maximum atomic E-state index is 12.4. The molecule has 0 atom stereocenters. The molecule has 1 N–H and O–H groups in total. The fraction of sp³-hybridized carbons (Fsp3) is 0.240. The molecule has 0 spiro atoms. The average Bonchev–Trinajstić information content (AvgIpc) is 3.15. The number of benzene rings is 2. The van der Waals surface area contributed by atoms with E-state index < -0.39 is 0 Å². The summed E-state index contributed by atoms with van der Waals surface area (Å²) < 4.78 is 8.17. The Morgan fingerprint density at radius 3 is 2.81 bits per heavy atom. The first kappa shape index (κ1) is 20.6. The van der Waals surface area contributed by atoms with Crippen molar-refractivity contribution in [3.8, 4) is 5.75 Å². The predicted molar refractivity (Wildman–Crippen MR) is 121 cm³/mol. The molecule has 0 saturated heterocycles. The van der Waals surface area contributed by atoms with Gasteiger partial charge < -0.3 is 14.6 Å². The van der Waals surface area contributed by atoms with Crippen molar-refractivity contribution in [1.82, 2.24) is 19.9 Å². The molecule has 0 aliphatic rings. The molecule has 0 aliphatic heterocycles. The van der Waals surface area contributed by atoms with E-state index in [2.05, 4.69) is 53.0 Å². The maximum Gasteiger partial charge on any atom is 0.253 e. The van der Waals surface area contributed by atoms with E-state index in [-0.39, 0.29) is 5.91 Å². The Balaban J connectivity index is 1.43. The van der Waals surface area contributed by atoms with Crippen LogP contribution in [0.2, 0.25) is 0 Å². The lowest BCUT2D eigenvalue weighted by atomic mass is 10.1. The van der Waals surface area contributed by atoms with Crippen LogP contribution in [-0.2, 0) is 13.1 Å². The number of amides is 1. The van der Waals surface area contributed by atoms with Gasteiger partial charge in [-0.1, -0.05) is 24.3 Å². The van der Waals surface area contributed by atoms with Gasteiger partial charge in [-0.2, -0.15) is 0 Å². The van der Waals surface area contributed by atoms with Gasteiger partial charge in [-0.25, -0.2) is 4.98 Å². The molecule has 2 aromatic heterocycles. The molecule has 0 radical (unpaired) electrons. The first-order chi connectivity index (χ1) is 15.1. The van der Waals surface area contributed by atoms with E-state index in [0.29, 0.717) is 18.7 Å². The van der Waals surface area contributed by atoms with E-state index in [1.54, 1.807) is 24.5 Å². The number of imidazole rings is 1. The molecular weight excluding hydrogens is 388 g/mol. The van der Waals surface area contributed by atoms with Crippen LogP contribution in [0.15, 0.2) is 67.0 Å². The summed E-state index contributed by atoms with van der Waals surface area (Å²) in [6.45, 7) is 5.83. The Hall–Kier alpha value is -3.67. The Morgan fingerprint density at radius 1 is 1.10 bits per heavy atom. The number of carbonyl (C=O) groups excluding carboxylic acids is 1.